The summed E-state index contributed by atoms with van der Waals surface area (Å²) in [6, 6.07) is -10.5. The van der Waals surface area contributed by atoms with Gasteiger partial charge in [-0.25, -0.2) is 9.59 Å². The number of Topliss-reactive ketones (excluding diaryl/α,β-unsaturated/α-hetero) is 1. The number of cyclic esters (lactones) is 1. The molecule has 1 aliphatic rings. The Morgan fingerprint density at radius 1 is 0.574 bits per heavy atom. The number of unbranched alkanes of at least 4 members (excludes halogenated alkanes) is 6. The average Bonchev–Trinajstić information content (AvgIpc) is 1.49. The summed E-state index contributed by atoms with van der Waals surface area (Å²) < 4.78 is 5.68. The smallest absolute Gasteiger partial charge is 0.329 e. The third-order valence-electron chi connectivity index (χ3n) is 17.9. The Morgan fingerprint density at radius 2 is 1.16 bits per heavy atom. The van der Waals surface area contributed by atoms with Gasteiger partial charge in [-0.3, -0.25) is 86.3 Å². The lowest BCUT2D eigenvalue weighted by Gasteiger charge is -2.30. The average molecular weight is 1620 g/mol. The van der Waals surface area contributed by atoms with E-state index in [1.165, 1.54) is 24.3 Å². The van der Waals surface area contributed by atoms with E-state index in [4.69, 9.17) is 21.9 Å². The first-order valence-corrected chi connectivity index (χ1v) is 36.8. The lowest BCUT2D eigenvalue weighted by atomic mass is 9.96. The fourth-order valence-electron chi connectivity index (χ4n) is 11.7. The molecule has 0 radical (unpaired) electrons. The fourth-order valence-corrected chi connectivity index (χ4v) is 11.7. The van der Waals surface area contributed by atoms with Gasteiger partial charge in [0, 0.05) is 47.6 Å². The monoisotopic (exact) mass is 1620 g/mol. The highest BCUT2D eigenvalue weighted by Gasteiger charge is 2.41. The number of hydrogen-bond acceptors (Lipinski definition) is 24. The molecule has 0 unspecified atom stereocenters. The maximum atomic E-state index is 14.8. The van der Waals surface area contributed by atoms with Crippen molar-refractivity contribution in [3.8, 4) is 0 Å². The standard InChI is InChI=1S/C72H101N17O26/c1-5-6-7-8-9-10-11-22-53(93)81-44(25-38-31-76-42-20-15-13-17-39(38)42)65(106)83-45(27-52(75)92)66(107)85-47(30-59(101)102)67(108)89-61-37(4)115-72(114)49(26-51(91)40-18-12-14-19-41(40)74)87-70(111)60(35(2)24-57(97)98)88-68(109)50(34-90)82-55(95)32-77-54(94)28-48(71(112)113)86-62(103)36(3)79-64(105)46(29-58(99)100)84-63(104)43(21-16-23-73)80-56(96)33-78-69(61)110/h12-15,17-20,31,35-37,43-50,60-61,76,90H,5-11,16,21-30,32-34,73-74H2,1-4H3,(H2,75,92)(H,77,94)(H,78,110)(H,79,105)(H,80,96)(H,81,93)(H,82,95)(H,83,106)(H,84,104)(H,85,107)(H,86,103)(H,87,111)(H,88,109)(H,89,108)(H,97,98)(H,99,100)(H,101,102)(H,112,113)/t35-,36-,37-,43+,44+,45-,46+,47+,48+,49+,50-,60+,61+/m1/s1. The highest BCUT2D eigenvalue weighted by molar-refractivity contribution is 6.05. The molecule has 14 amide bonds. The summed E-state index contributed by atoms with van der Waals surface area (Å²) in [5, 5.41) is 78.8. The van der Waals surface area contributed by atoms with Crippen LogP contribution in [0.2, 0.25) is 0 Å². The van der Waals surface area contributed by atoms with E-state index in [0.717, 1.165) is 52.9 Å². The number of ketones is 1. The Bertz CT molecular complexity index is 4040. The van der Waals surface area contributed by atoms with Gasteiger partial charge in [-0.15, -0.1) is 0 Å². The number of esters is 1. The van der Waals surface area contributed by atoms with Crippen molar-refractivity contribution in [1.82, 2.24) is 74.1 Å². The molecule has 0 saturated carbocycles. The van der Waals surface area contributed by atoms with Crippen molar-refractivity contribution in [2.75, 3.05) is 32.0 Å². The Hall–Kier alpha value is -12.7. The Morgan fingerprint density at radius 3 is 1.77 bits per heavy atom. The maximum Gasteiger partial charge on any atom is 0.329 e. The number of carboxylic acids is 4. The summed E-state index contributed by atoms with van der Waals surface area (Å²) in [6.45, 7) is 1.21. The number of hydrogen-bond donors (Lipinski definition) is 22. The number of fused-ring (bicyclic) bond motifs is 1. The van der Waals surface area contributed by atoms with Gasteiger partial charge in [-0.05, 0) is 69.3 Å². The SMILES string of the molecule is CCCCCCCCCC(=O)N[C@@H](Cc1c[nH]c2ccccc12)C(=O)N[C@H](CC(N)=O)C(=O)N[C@@H](CC(=O)O)C(=O)N[C@@H]1C(=O)NCC(=O)N[C@@H](CCCN)C(=O)N[C@@H](CC(=O)O)C(=O)N[C@H](C)C(=O)N[C@H](C(=O)O)CC(=O)NCC(=O)N[C@H](CO)C(=O)N[C@@H]([C@H](C)CC(=O)O)C(=O)N[C@@H](CC(=O)c2ccccc2N)C(=O)O[C@@H]1C. The second-order valence-electron chi connectivity index (χ2n) is 27.3. The molecule has 1 aliphatic heterocycles. The molecule has 1 fully saturated rings. The van der Waals surface area contributed by atoms with E-state index < -0.39 is 261 Å². The first-order valence-electron chi connectivity index (χ1n) is 36.8. The highest BCUT2D eigenvalue weighted by Crippen LogP contribution is 2.22. The third kappa shape index (κ3) is 32.5. The number of para-hydroxylation sites is 2. The van der Waals surface area contributed by atoms with E-state index >= 15 is 0 Å². The minimum absolute atomic E-state index is 0.0193. The molecule has 13 atom stereocenters. The van der Waals surface area contributed by atoms with E-state index in [9.17, 15) is 121 Å². The molecule has 25 N–H and O–H groups in total. The van der Waals surface area contributed by atoms with Crippen LogP contribution >= 0.6 is 0 Å². The molecule has 2 heterocycles. The maximum absolute atomic E-state index is 14.8. The number of nitrogens with one attached hydrogen (secondary N) is 14. The van der Waals surface area contributed by atoms with Crippen molar-refractivity contribution in [2.45, 2.75) is 209 Å². The van der Waals surface area contributed by atoms with Gasteiger partial charge in [0.05, 0.1) is 51.8 Å². The number of H-pyrrole nitrogens is 1. The zero-order valence-electron chi connectivity index (χ0n) is 63.6. The zero-order chi connectivity index (χ0) is 85.8. The van der Waals surface area contributed by atoms with E-state index in [1.807, 2.05) is 16.0 Å². The summed E-state index contributed by atoms with van der Waals surface area (Å²) >= 11 is 0. The van der Waals surface area contributed by atoms with Gasteiger partial charge in [-0.1, -0.05) is 82.7 Å². The number of aliphatic carboxylic acids is 4. The molecule has 3 aromatic rings. The molecule has 43 heteroatoms. The summed E-state index contributed by atoms with van der Waals surface area (Å²) in [4.78, 5) is 276. The number of nitrogens with two attached hydrogens (primary N) is 3. The molecule has 43 nitrogen and oxygen atoms in total. The number of aromatic amines is 1. The van der Waals surface area contributed by atoms with Crippen LogP contribution in [0, 0.1) is 5.92 Å². The van der Waals surface area contributed by atoms with Gasteiger partial charge < -0.3 is 122 Å². The normalized spacial score (nSPS) is 21.3. The number of carbonyl (C=O) groups is 20. The van der Waals surface area contributed by atoms with Crippen LogP contribution in [0.15, 0.2) is 54.7 Å². The Kier molecular flexibility index (Phi) is 39.2. The van der Waals surface area contributed by atoms with Crippen LogP contribution < -0.4 is 86.3 Å². The van der Waals surface area contributed by atoms with Crippen molar-refractivity contribution in [1.29, 1.82) is 0 Å². The number of rotatable bonds is 34. The summed E-state index contributed by atoms with van der Waals surface area (Å²) in [5.41, 5.74) is 18.1. The fraction of sp³-hybridized carbons (Fsp3) is 0.528. The van der Waals surface area contributed by atoms with Crippen LogP contribution in [0.1, 0.15) is 146 Å². The van der Waals surface area contributed by atoms with Gasteiger partial charge in [0.15, 0.2) is 5.78 Å². The van der Waals surface area contributed by atoms with Gasteiger partial charge in [0.2, 0.25) is 82.7 Å². The van der Waals surface area contributed by atoms with Crippen LogP contribution in [0.3, 0.4) is 0 Å². The van der Waals surface area contributed by atoms with E-state index in [1.54, 1.807) is 30.5 Å². The van der Waals surface area contributed by atoms with E-state index in [2.05, 4.69) is 65.1 Å². The molecular weight excluding hydrogens is 1520 g/mol. The van der Waals surface area contributed by atoms with Crippen LogP contribution in [0.25, 0.3) is 10.9 Å². The predicted molar refractivity (Wildman–Crippen MR) is 400 cm³/mol. The van der Waals surface area contributed by atoms with Crippen molar-refractivity contribution in [2.24, 2.45) is 17.4 Å². The van der Waals surface area contributed by atoms with E-state index in [0.29, 0.717) is 29.3 Å². The van der Waals surface area contributed by atoms with Gasteiger partial charge in [-0.2, -0.15) is 0 Å². The number of ether oxygens (including phenoxy) is 1. The molecule has 0 spiro atoms. The van der Waals surface area contributed by atoms with Crippen LogP contribution in [0.5, 0.6) is 0 Å². The van der Waals surface area contributed by atoms with Crippen molar-refractivity contribution >= 4 is 135 Å². The molecule has 2 aromatic carbocycles. The number of carboxylic acid groups (broad SMARTS) is 4. The summed E-state index contributed by atoms with van der Waals surface area (Å²) in [7, 11) is 0. The molecule has 1 aromatic heterocycles. The number of nitrogen functional groups attached to an aromatic ring is 1. The lowest BCUT2D eigenvalue weighted by Crippen LogP contribution is -2.62. The van der Waals surface area contributed by atoms with Crippen LogP contribution in [0.4, 0.5) is 5.69 Å². The molecule has 4 rings (SSSR count). The topological polar surface area (TPSA) is 702 Å². The number of aliphatic hydroxyl groups is 1. The number of carbonyl (C=O) groups excluding carboxylic acids is 16. The lowest BCUT2D eigenvalue weighted by molar-refractivity contribution is -0.156. The first kappa shape index (κ1) is 94.7. The Balaban J connectivity index is 1.87. The minimum atomic E-state index is -2.45. The molecule has 0 bridgehead atoms. The summed E-state index contributed by atoms with van der Waals surface area (Å²) in [5.74, 6) is -29.6. The van der Waals surface area contributed by atoms with Crippen LogP contribution in [-0.4, -0.2) is 248 Å². The molecule has 115 heavy (non-hydrogen) atoms. The number of anilines is 1. The number of aliphatic hydroxyl groups excluding tert-OH is 1. The number of amides is 14. The predicted octanol–water partition coefficient (Wildman–Crippen LogP) is -5.62. The summed E-state index contributed by atoms with van der Waals surface area (Å²) in [6.07, 6.45) is -2.25. The molecule has 630 valence electrons. The van der Waals surface area contributed by atoms with E-state index in [-0.39, 0.29) is 37.1 Å². The number of benzene rings is 2. The third-order valence-corrected chi connectivity index (χ3v) is 17.9. The molecule has 0 aliphatic carbocycles. The minimum Gasteiger partial charge on any atom is -0.481 e. The van der Waals surface area contributed by atoms with Gasteiger partial charge in [0.25, 0.3) is 0 Å². The van der Waals surface area contributed by atoms with Crippen molar-refractivity contribution < 1.29 is 126 Å². The van der Waals surface area contributed by atoms with Crippen molar-refractivity contribution in [3.05, 3.63) is 65.9 Å². The zero-order valence-corrected chi connectivity index (χ0v) is 63.6. The molecule has 1 saturated heterocycles. The number of aromatic nitrogens is 1. The quantitative estimate of drug-likeness (QED) is 0.0115. The van der Waals surface area contributed by atoms with Crippen molar-refractivity contribution in [3.63, 3.8) is 0 Å². The molecular formula is C72H101N17O26. The van der Waals surface area contributed by atoms with Crippen LogP contribution in [-0.2, 0) is 102 Å². The largest absolute Gasteiger partial charge is 0.481 e. The highest BCUT2D eigenvalue weighted by atomic mass is 16.5. The Labute approximate surface area is 657 Å². The van der Waals surface area contributed by atoms with Gasteiger partial charge in [0.1, 0.15) is 72.6 Å². The second-order valence-corrected chi connectivity index (χ2v) is 27.3. The number of primary amides is 1. The van der Waals surface area contributed by atoms with Gasteiger partial charge >= 0.3 is 29.8 Å². The first-order chi connectivity index (χ1) is 54.4. The second kappa shape index (κ2) is 47.6.